The van der Waals surface area contributed by atoms with Gasteiger partial charge in [-0.25, -0.2) is 18.3 Å². The molecule has 0 radical (unpaired) electrons. The lowest BCUT2D eigenvalue weighted by Crippen LogP contribution is -2.42. The van der Waals surface area contributed by atoms with Gasteiger partial charge in [-0.15, -0.1) is 26.6 Å². The third-order valence-corrected chi connectivity index (χ3v) is 7.63. The van der Waals surface area contributed by atoms with Crippen molar-refractivity contribution in [3.8, 4) is 5.88 Å². The van der Waals surface area contributed by atoms with Crippen LogP contribution in [-0.2, 0) is 24.7 Å². The van der Waals surface area contributed by atoms with Gasteiger partial charge in [-0.3, -0.25) is 9.36 Å². The number of carboxylic acids is 1. The number of aromatic carboxylic acids is 1. The Kier molecular flexibility index (Phi) is 6.29. The number of anilines is 3. The summed E-state index contributed by atoms with van der Waals surface area (Å²) in [7, 11) is 1.53. The van der Waals surface area contributed by atoms with E-state index in [0.29, 0.717) is 30.6 Å². The van der Waals surface area contributed by atoms with Crippen molar-refractivity contribution in [1.29, 1.82) is 0 Å². The smallest absolute Gasteiger partial charge is 0.388 e. The van der Waals surface area contributed by atoms with Crippen LogP contribution in [0.3, 0.4) is 0 Å². The molecule has 0 unspecified atom stereocenters. The van der Waals surface area contributed by atoms with Crippen LogP contribution in [0.15, 0.2) is 12.4 Å². The molecule has 1 saturated carbocycles. The predicted octanol–water partition coefficient (Wildman–Crippen LogP) is 3.83. The largest absolute Gasteiger partial charge is 0.478 e. The molecule has 0 bridgehead atoms. The predicted molar refractivity (Wildman–Crippen MR) is 122 cm³/mol. The van der Waals surface area contributed by atoms with E-state index < -0.39 is 43.2 Å². The van der Waals surface area contributed by atoms with E-state index in [1.54, 1.807) is 4.57 Å². The second-order valence-electron chi connectivity index (χ2n) is 8.92. The average molecular weight is 544 g/mol. The third-order valence-electron chi connectivity index (χ3n) is 6.42. The van der Waals surface area contributed by atoms with E-state index in [1.165, 1.54) is 24.1 Å². The van der Waals surface area contributed by atoms with Gasteiger partial charge in [0.15, 0.2) is 0 Å². The second kappa shape index (κ2) is 9.32. The van der Waals surface area contributed by atoms with Crippen molar-refractivity contribution >= 4 is 40.0 Å². The Bertz CT molecular complexity index is 1350. The van der Waals surface area contributed by atoms with Gasteiger partial charge >= 0.3 is 12.6 Å². The zero-order chi connectivity index (χ0) is 26.5. The molecule has 1 atom stereocenters. The minimum absolute atomic E-state index is 0.0489. The van der Waals surface area contributed by atoms with E-state index in [2.05, 4.69) is 30.7 Å². The van der Waals surface area contributed by atoms with Gasteiger partial charge in [-0.05, 0) is 24.8 Å². The number of aromatic nitrogens is 5. The van der Waals surface area contributed by atoms with Crippen molar-refractivity contribution in [3.63, 3.8) is 0 Å². The van der Waals surface area contributed by atoms with Crippen molar-refractivity contribution in [2.24, 2.45) is 13.0 Å². The number of fused-ring (bicyclic) bond motifs is 1. The van der Waals surface area contributed by atoms with Crippen LogP contribution in [0.4, 0.5) is 34.3 Å². The standard InChI is InChI=1S/C21H21F4N7O4S/c1-31-13(5-14(30-31)36-19(22)23)27-20-29-26-8-32(20)10-2-3-12-11(4-10)15(18(34)35)17(37-12)28-16(33)9-6-21(24,25)7-9/h5,8-10,19H,2-4,6-7H2,1H3,(H,27,29)(H,28,33)(H,34,35)/t10-/m0/s1. The zero-order valence-corrected chi connectivity index (χ0v) is 20.1. The van der Waals surface area contributed by atoms with Crippen LogP contribution < -0.4 is 15.4 Å². The number of nitrogens with one attached hydrogen (secondary N) is 2. The number of nitrogens with zero attached hydrogens (tertiary/aromatic N) is 5. The highest BCUT2D eigenvalue weighted by atomic mass is 32.1. The van der Waals surface area contributed by atoms with Crippen LogP contribution in [0, 0.1) is 5.92 Å². The number of halogens is 4. The van der Waals surface area contributed by atoms with Gasteiger partial charge in [0.05, 0.1) is 5.56 Å². The molecule has 16 heteroatoms. The van der Waals surface area contributed by atoms with Gasteiger partial charge in [0.25, 0.3) is 0 Å². The molecule has 11 nitrogen and oxygen atoms in total. The van der Waals surface area contributed by atoms with Gasteiger partial charge in [-0.1, -0.05) is 0 Å². The minimum Gasteiger partial charge on any atom is -0.478 e. The number of hydrogen-bond acceptors (Lipinski definition) is 8. The fourth-order valence-corrected chi connectivity index (χ4v) is 5.84. The van der Waals surface area contributed by atoms with Gasteiger partial charge in [0, 0.05) is 42.8 Å². The van der Waals surface area contributed by atoms with Crippen LogP contribution in [0.1, 0.15) is 46.1 Å². The number of ether oxygens (including phenoxy) is 1. The number of aryl methyl sites for hydroxylation is 2. The summed E-state index contributed by atoms with van der Waals surface area (Å²) in [5.41, 5.74) is 0.503. The lowest BCUT2D eigenvalue weighted by molar-refractivity contribution is -0.145. The highest BCUT2D eigenvalue weighted by Gasteiger charge is 2.49. The first-order valence-electron chi connectivity index (χ1n) is 11.2. The van der Waals surface area contributed by atoms with Gasteiger partial charge in [0.2, 0.25) is 23.7 Å². The van der Waals surface area contributed by atoms with Crippen molar-refractivity contribution < 1.29 is 37.0 Å². The van der Waals surface area contributed by atoms with E-state index in [1.807, 2.05) is 0 Å². The topological polar surface area (TPSA) is 136 Å². The molecule has 3 N–H and O–H groups in total. The summed E-state index contributed by atoms with van der Waals surface area (Å²) in [6, 6.07) is 1.02. The first-order chi connectivity index (χ1) is 17.5. The molecule has 2 aliphatic carbocycles. The summed E-state index contributed by atoms with van der Waals surface area (Å²) in [6.45, 7) is -3.03. The number of thiophene rings is 1. The molecular formula is C21H21F4N7O4S. The maximum absolute atomic E-state index is 13.2. The fourth-order valence-electron chi connectivity index (χ4n) is 4.60. The number of rotatable bonds is 8. The number of carbonyl (C=O) groups is 2. The molecule has 0 aromatic carbocycles. The summed E-state index contributed by atoms with van der Waals surface area (Å²) in [6.07, 6.45) is 1.78. The molecule has 0 spiro atoms. The lowest BCUT2D eigenvalue weighted by atomic mass is 9.81. The van der Waals surface area contributed by atoms with Crippen LogP contribution in [0.2, 0.25) is 0 Å². The molecule has 3 aromatic heterocycles. The Balaban J connectivity index is 1.35. The lowest BCUT2D eigenvalue weighted by Gasteiger charge is -2.33. The summed E-state index contributed by atoms with van der Waals surface area (Å²) in [4.78, 5) is 25.3. The highest BCUT2D eigenvalue weighted by molar-refractivity contribution is 7.17. The van der Waals surface area contributed by atoms with Crippen molar-refractivity contribution in [2.75, 3.05) is 10.6 Å². The molecule has 1 fully saturated rings. The number of alkyl halides is 4. The van der Waals surface area contributed by atoms with Crippen LogP contribution in [0.25, 0.3) is 0 Å². The van der Waals surface area contributed by atoms with Gasteiger partial charge in [0.1, 0.15) is 17.1 Å². The summed E-state index contributed by atoms with van der Waals surface area (Å²) >= 11 is 1.14. The van der Waals surface area contributed by atoms with E-state index in [9.17, 15) is 32.3 Å². The third kappa shape index (κ3) is 4.97. The Hall–Kier alpha value is -3.69. The average Bonchev–Trinajstić information content (AvgIpc) is 3.48. The normalized spacial score (nSPS) is 18.8. The van der Waals surface area contributed by atoms with Crippen molar-refractivity contribution in [2.45, 2.75) is 50.7 Å². The molecule has 2 aliphatic rings. The Labute approximate surface area is 210 Å². The summed E-state index contributed by atoms with van der Waals surface area (Å²) in [5.74, 6) is -5.24. The maximum atomic E-state index is 13.2. The molecule has 0 aliphatic heterocycles. The number of carbonyl (C=O) groups excluding carboxylic acids is 1. The molecule has 3 heterocycles. The van der Waals surface area contributed by atoms with Crippen LogP contribution in [0.5, 0.6) is 5.88 Å². The Morgan fingerprint density at radius 3 is 2.76 bits per heavy atom. The van der Waals surface area contributed by atoms with Gasteiger partial charge < -0.3 is 20.5 Å². The molecule has 1 amide bonds. The molecular weight excluding hydrogens is 522 g/mol. The van der Waals surface area contributed by atoms with Crippen molar-refractivity contribution in [1.82, 2.24) is 24.5 Å². The summed E-state index contributed by atoms with van der Waals surface area (Å²) < 4.78 is 58.7. The van der Waals surface area contributed by atoms with Crippen LogP contribution in [-0.4, -0.2) is 54.1 Å². The van der Waals surface area contributed by atoms with E-state index in [0.717, 1.165) is 16.2 Å². The molecule has 5 rings (SSSR count). The first kappa shape index (κ1) is 25.0. The minimum atomic E-state index is -3.03. The number of hydrogen-bond donors (Lipinski definition) is 3. The molecule has 3 aromatic rings. The zero-order valence-electron chi connectivity index (χ0n) is 19.3. The van der Waals surface area contributed by atoms with Crippen LogP contribution >= 0.6 is 11.3 Å². The second-order valence-corrected chi connectivity index (χ2v) is 10.0. The first-order valence-corrected chi connectivity index (χ1v) is 12.0. The quantitative estimate of drug-likeness (QED) is 0.365. The van der Waals surface area contributed by atoms with E-state index >= 15 is 0 Å². The highest BCUT2D eigenvalue weighted by Crippen LogP contribution is 2.45. The maximum Gasteiger partial charge on any atom is 0.388 e. The van der Waals surface area contributed by atoms with Gasteiger partial charge in [-0.2, -0.15) is 8.78 Å². The molecule has 198 valence electrons. The summed E-state index contributed by atoms with van der Waals surface area (Å²) in [5, 5.41) is 27.4. The number of amides is 1. The molecule has 37 heavy (non-hydrogen) atoms. The Morgan fingerprint density at radius 1 is 1.32 bits per heavy atom. The SMILES string of the molecule is Cn1nc(OC(F)F)cc1Nc1nncn1[C@H]1CCc2sc(NC(=O)C3CC(F)(F)C3)c(C(=O)O)c2C1. The van der Waals surface area contributed by atoms with Crippen molar-refractivity contribution in [3.05, 3.63) is 28.4 Å². The van der Waals surface area contributed by atoms with E-state index in [-0.39, 0.29) is 28.4 Å². The monoisotopic (exact) mass is 543 g/mol. The fraction of sp³-hybridized carbons (Fsp3) is 0.476. The number of carboxylic acid groups (broad SMARTS) is 1. The van der Waals surface area contributed by atoms with E-state index in [4.69, 9.17) is 0 Å². The molecule has 0 saturated heterocycles. The Morgan fingerprint density at radius 2 is 2.08 bits per heavy atom.